The summed E-state index contributed by atoms with van der Waals surface area (Å²) in [6.45, 7) is -0.595. The van der Waals surface area contributed by atoms with E-state index in [4.69, 9.17) is 9.15 Å². The van der Waals surface area contributed by atoms with Crippen LogP contribution in [-0.4, -0.2) is 23.4 Å². The summed E-state index contributed by atoms with van der Waals surface area (Å²) in [5.41, 5.74) is 0.301. The summed E-state index contributed by atoms with van der Waals surface area (Å²) in [5.74, 6) is -1.52. The van der Waals surface area contributed by atoms with Gasteiger partial charge in [0.05, 0.1) is 4.92 Å². The molecule has 1 heterocycles. The van der Waals surface area contributed by atoms with Gasteiger partial charge in [-0.05, 0) is 18.2 Å². The minimum Gasteiger partial charge on any atom is -0.450 e. The average Bonchev–Trinajstić information content (AvgIpc) is 3.04. The van der Waals surface area contributed by atoms with Crippen LogP contribution in [-0.2, 0) is 9.53 Å². The Bertz CT molecular complexity index is 929. The number of benzene rings is 2. The molecule has 1 N–H and O–H groups in total. The summed E-state index contributed by atoms with van der Waals surface area (Å²) in [6, 6.07) is 14.2. The largest absolute Gasteiger partial charge is 0.450 e. The lowest BCUT2D eigenvalue weighted by Crippen LogP contribution is -2.21. The fourth-order valence-electron chi connectivity index (χ4n) is 2.21. The van der Waals surface area contributed by atoms with Crippen molar-refractivity contribution >= 4 is 34.2 Å². The molecule has 0 fully saturated rings. The van der Waals surface area contributed by atoms with Crippen molar-refractivity contribution in [2.45, 2.75) is 0 Å². The van der Waals surface area contributed by atoms with Crippen LogP contribution in [0.5, 0.6) is 0 Å². The third-order valence-electron chi connectivity index (χ3n) is 3.34. The van der Waals surface area contributed by atoms with Crippen LogP contribution in [0.4, 0.5) is 11.4 Å². The fourth-order valence-corrected chi connectivity index (χ4v) is 2.21. The van der Waals surface area contributed by atoms with Gasteiger partial charge >= 0.3 is 5.97 Å². The predicted octanol–water partition coefficient (Wildman–Crippen LogP) is 3.14. The summed E-state index contributed by atoms with van der Waals surface area (Å²) in [5, 5.41) is 14.0. The number of furan rings is 1. The lowest BCUT2D eigenvalue weighted by Gasteiger charge is -2.06. The van der Waals surface area contributed by atoms with Crippen molar-refractivity contribution in [3.05, 3.63) is 70.5 Å². The summed E-state index contributed by atoms with van der Waals surface area (Å²) in [4.78, 5) is 34.1. The molecule has 0 aliphatic carbocycles. The summed E-state index contributed by atoms with van der Waals surface area (Å²) < 4.78 is 10.2. The number of esters is 1. The van der Waals surface area contributed by atoms with E-state index in [0.29, 0.717) is 5.58 Å². The summed E-state index contributed by atoms with van der Waals surface area (Å²) in [7, 11) is 0. The van der Waals surface area contributed by atoms with E-state index >= 15 is 0 Å². The van der Waals surface area contributed by atoms with Crippen LogP contribution in [0.2, 0.25) is 0 Å². The number of hydrogen-bond donors (Lipinski definition) is 1. The SMILES string of the molecule is O=C(COC(=O)c1cc2ccccc2o1)Nc1ccccc1[N+](=O)[O-]. The van der Waals surface area contributed by atoms with Crippen molar-refractivity contribution in [1.82, 2.24) is 0 Å². The number of carbonyl (C=O) groups excluding carboxylic acids is 2. The van der Waals surface area contributed by atoms with E-state index in [1.54, 1.807) is 30.3 Å². The number of nitro groups is 1. The van der Waals surface area contributed by atoms with Crippen LogP contribution in [0.3, 0.4) is 0 Å². The second kappa shape index (κ2) is 6.83. The number of hydrogen-bond acceptors (Lipinski definition) is 6. The molecule has 25 heavy (non-hydrogen) atoms. The zero-order chi connectivity index (χ0) is 17.8. The Morgan fingerprint density at radius 1 is 1.12 bits per heavy atom. The van der Waals surface area contributed by atoms with Crippen molar-refractivity contribution in [2.24, 2.45) is 0 Å². The number of fused-ring (bicyclic) bond motifs is 1. The maximum atomic E-state index is 11.9. The van der Waals surface area contributed by atoms with Crippen LogP contribution in [0, 0.1) is 10.1 Å². The van der Waals surface area contributed by atoms with Crippen LogP contribution in [0.1, 0.15) is 10.6 Å². The van der Waals surface area contributed by atoms with Gasteiger partial charge in [-0.2, -0.15) is 0 Å². The molecule has 126 valence electrons. The molecule has 0 aliphatic heterocycles. The number of amides is 1. The Balaban J connectivity index is 1.62. The van der Waals surface area contributed by atoms with Crippen LogP contribution < -0.4 is 5.32 Å². The van der Waals surface area contributed by atoms with E-state index in [1.165, 1.54) is 24.3 Å². The molecule has 1 aromatic heterocycles. The molecule has 3 rings (SSSR count). The highest BCUT2D eigenvalue weighted by Crippen LogP contribution is 2.23. The molecule has 3 aromatic rings. The topological polar surface area (TPSA) is 112 Å². The molecular formula is C17H12N2O6. The molecule has 0 saturated heterocycles. The van der Waals surface area contributed by atoms with Crippen molar-refractivity contribution in [1.29, 1.82) is 0 Å². The number of para-hydroxylation sites is 3. The van der Waals surface area contributed by atoms with Gasteiger partial charge in [0.25, 0.3) is 11.6 Å². The molecule has 0 bridgehead atoms. The van der Waals surface area contributed by atoms with Gasteiger partial charge in [-0.25, -0.2) is 4.79 Å². The molecule has 0 unspecified atom stereocenters. The molecule has 0 atom stereocenters. The zero-order valence-electron chi connectivity index (χ0n) is 12.8. The number of carbonyl (C=O) groups is 2. The van der Waals surface area contributed by atoms with Crippen molar-refractivity contribution in [2.75, 3.05) is 11.9 Å². The molecule has 8 nitrogen and oxygen atoms in total. The van der Waals surface area contributed by atoms with E-state index in [1.807, 2.05) is 0 Å². The second-order valence-corrected chi connectivity index (χ2v) is 5.05. The molecule has 0 aliphatic rings. The highest BCUT2D eigenvalue weighted by Gasteiger charge is 2.18. The Hall–Kier alpha value is -3.68. The molecule has 2 aromatic carbocycles. The monoisotopic (exact) mass is 340 g/mol. The van der Waals surface area contributed by atoms with E-state index in [-0.39, 0.29) is 17.1 Å². The van der Waals surface area contributed by atoms with Gasteiger partial charge in [-0.15, -0.1) is 0 Å². The first-order valence-corrected chi connectivity index (χ1v) is 7.23. The van der Waals surface area contributed by atoms with Crippen LogP contribution >= 0.6 is 0 Å². The third-order valence-corrected chi connectivity index (χ3v) is 3.34. The normalized spacial score (nSPS) is 10.4. The molecule has 0 spiro atoms. The van der Waals surface area contributed by atoms with Crippen molar-refractivity contribution in [3.63, 3.8) is 0 Å². The van der Waals surface area contributed by atoms with E-state index in [9.17, 15) is 19.7 Å². The molecule has 0 saturated carbocycles. The quantitative estimate of drug-likeness (QED) is 0.434. The lowest BCUT2D eigenvalue weighted by atomic mass is 10.2. The van der Waals surface area contributed by atoms with Gasteiger partial charge < -0.3 is 14.5 Å². The minimum absolute atomic E-state index is 0.0253. The molecule has 0 radical (unpaired) electrons. The first-order valence-electron chi connectivity index (χ1n) is 7.23. The first-order chi connectivity index (χ1) is 12.0. The molecule has 8 heteroatoms. The minimum atomic E-state index is -0.797. The second-order valence-electron chi connectivity index (χ2n) is 5.05. The van der Waals surface area contributed by atoms with Crippen molar-refractivity contribution < 1.29 is 23.7 Å². The van der Waals surface area contributed by atoms with Gasteiger partial charge in [0.15, 0.2) is 6.61 Å². The number of nitro benzene ring substituents is 1. The predicted molar refractivity (Wildman–Crippen MR) is 88.2 cm³/mol. The highest BCUT2D eigenvalue weighted by molar-refractivity contribution is 5.97. The molecular weight excluding hydrogens is 328 g/mol. The van der Waals surface area contributed by atoms with Gasteiger partial charge in [-0.1, -0.05) is 30.3 Å². The van der Waals surface area contributed by atoms with E-state index in [2.05, 4.69) is 5.32 Å². The van der Waals surface area contributed by atoms with Crippen molar-refractivity contribution in [3.8, 4) is 0 Å². The number of ether oxygens (including phenoxy) is 1. The average molecular weight is 340 g/mol. The summed E-state index contributed by atoms with van der Waals surface area (Å²) in [6.07, 6.45) is 0. The Morgan fingerprint density at radius 2 is 1.84 bits per heavy atom. The van der Waals surface area contributed by atoms with Crippen LogP contribution in [0.25, 0.3) is 11.0 Å². The zero-order valence-corrected chi connectivity index (χ0v) is 12.8. The highest BCUT2D eigenvalue weighted by atomic mass is 16.6. The Labute approximate surface area is 141 Å². The first kappa shape index (κ1) is 16.2. The van der Waals surface area contributed by atoms with Crippen LogP contribution in [0.15, 0.2) is 59.0 Å². The third kappa shape index (κ3) is 3.63. The van der Waals surface area contributed by atoms with E-state index < -0.39 is 23.4 Å². The Kier molecular flexibility index (Phi) is 4.42. The number of nitrogens with one attached hydrogen (secondary N) is 1. The molecule has 1 amide bonds. The number of rotatable bonds is 5. The standard InChI is InChI=1S/C17H12N2O6/c20-16(18-12-6-2-3-7-13(12)19(22)23)10-24-17(21)15-9-11-5-1-4-8-14(11)25-15/h1-9H,10H2,(H,18,20). The van der Waals surface area contributed by atoms with Gasteiger partial charge in [0.1, 0.15) is 11.3 Å². The lowest BCUT2D eigenvalue weighted by molar-refractivity contribution is -0.383. The van der Waals surface area contributed by atoms with E-state index in [0.717, 1.165) is 5.39 Å². The van der Waals surface area contributed by atoms with Gasteiger partial charge in [0, 0.05) is 11.5 Å². The maximum absolute atomic E-state index is 11.9. The fraction of sp³-hybridized carbons (Fsp3) is 0.0588. The van der Waals surface area contributed by atoms with Gasteiger partial charge in [0.2, 0.25) is 5.76 Å². The number of anilines is 1. The number of nitrogens with zero attached hydrogens (tertiary/aromatic N) is 1. The smallest absolute Gasteiger partial charge is 0.374 e. The maximum Gasteiger partial charge on any atom is 0.374 e. The summed E-state index contributed by atoms with van der Waals surface area (Å²) >= 11 is 0. The Morgan fingerprint density at radius 3 is 2.60 bits per heavy atom. The van der Waals surface area contributed by atoms with Gasteiger partial charge in [-0.3, -0.25) is 14.9 Å².